The molecule has 0 aliphatic carbocycles. The van der Waals surface area contributed by atoms with Crippen molar-refractivity contribution in [1.29, 1.82) is 0 Å². The molecule has 3 aromatic rings. The number of carbonyl (C=O) groups excluding carboxylic acids is 1. The van der Waals surface area contributed by atoms with E-state index < -0.39 is 23.7 Å². The van der Waals surface area contributed by atoms with Crippen LogP contribution in [0, 0.1) is 5.82 Å². The summed E-state index contributed by atoms with van der Waals surface area (Å²) in [6.45, 7) is 1.34. The number of pyridine rings is 3. The van der Waals surface area contributed by atoms with Crippen molar-refractivity contribution >= 4 is 23.4 Å². The van der Waals surface area contributed by atoms with Crippen LogP contribution in [0.25, 0.3) is 11.3 Å². The molecule has 2 amide bonds. The number of hydrogen-bond acceptors (Lipinski definition) is 5. The molecule has 2 aliphatic heterocycles. The summed E-state index contributed by atoms with van der Waals surface area (Å²) in [7, 11) is 0. The zero-order valence-electron chi connectivity index (χ0n) is 16.5. The number of nitrogens with zero attached hydrogens (tertiary/aromatic N) is 5. The van der Waals surface area contributed by atoms with Crippen molar-refractivity contribution in [3.63, 3.8) is 0 Å². The Morgan fingerprint density at radius 1 is 1.12 bits per heavy atom. The predicted molar refractivity (Wildman–Crippen MR) is 109 cm³/mol. The van der Waals surface area contributed by atoms with Crippen molar-refractivity contribution < 1.29 is 22.4 Å². The van der Waals surface area contributed by atoms with Gasteiger partial charge in [0, 0.05) is 24.8 Å². The Balaban J connectivity index is 1.52. The number of nitrogens with one attached hydrogen (secondary N) is 1. The molecule has 1 saturated heterocycles. The Morgan fingerprint density at radius 2 is 1.97 bits per heavy atom. The molecule has 1 fully saturated rings. The molecular formula is C21H16F4N6O. The average Bonchev–Trinajstić information content (AvgIpc) is 3.19. The van der Waals surface area contributed by atoms with Crippen LogP contribution < -0.4 is 15.1 Å². The summed E-state index contributed by atoms with van der Waals surface area (Å²) >= 11 is 0. The monoisotopic (exact) mass is 444 g/mol. The van der Waals surface area contributed by atoms with Crippen LogP contribution >= 0.6 is 0 Å². The fourth-order valence-corrected chi connectivity index (χ4v) is 4.00. The van der Waals surface area contributed by atoms with Crippen LogP contribution in [0.5, 0.6) is 0 Å². The molecule has 2 bridgehead atoms. The van der Waals surface area contributed by atoms with E-state index in [-0.39, 0.29) is 23.1 Å². The second-order valence-corrected chi connectivity index (χ2v) is 7.52. The number of anilines is 3. The SMILES string of the molecule is O=C(Nc1ccc(F)cn1)N1c2nc(-c3ccnc(C(F)(F)F)c3)ccc2N2CC[C@H]1C2. The summed E-state index contributed by atoms with van der Waals surface area (Å²) in [6, 6.07) is 7.63. The molecule has 0 spiro atoms. The highest BCUT2D eigenvalue weighted by Gasteiger charge is 2.40. The highest BCUT2D eigenvalue weighted by atomic mass is 19.4. The molecule has 164 valence electrons. The molecule has 2 aliphatic rings. The topological polar surface area (TPSA) is 74.2 Å². The van der Waals surface area contributed by atoms with Crippen LogP contribution in [0.2, 0.25) is 0 Å². The van der Waals surface area contributed by atoms with Gasteiger partial charge in [0.2, 0.25) is 0 Å². The van der Waals surface area contributed by atoms with Gasteiger partial charge >= 0.3 is 12.2 Å². The first-order valence-electron chi connectivity index (χ1n) is 9.81. The van der Waals surface area contributed by atoms with Crippen LogP contribution in [0.3, 0.4) is 0 Å². The number of halogens is 4. The van der Waals surface area contributed by atoms with Crippen LogP contribution in [0.1, 0.15) is 12.1 Å². The minimum atomic E-state index is -4.58. The lowest BCUT2D eigenvalue weighted by molar-refractivity contribution is -0.141. The standard InChI is InChI=1S/C21H16F4N6O/c22-13-1-4-18(27-10-13)29-20(32)31-14-6-8-30(11-14)16-3-2-15(28-19(16)31)12-5-7-26-17(9-12)21(23,24)25/h1-5,7,9-10,14H,6,8,11H2,(H,27,29,32)/t14-/m0/s1. The lowest BCUT2D eigenvalue weighted by Crippen LogP contribution is -2.48. The largest absolute Gasteiger partial charge is 0.433 e. The quantitative estimate of drug-likeness (QED) is 0.596. The second-order valence-electron chi connectivity index (χ2n) is 7.52. The van der Waals surface area contributed by atoms with E-state index in [1.807, 2.05) is 0 Å². The highest BCUT2D eigenvalue weighted by molar-refractivity contribution is 6.04. The fraction of sp³-hybridized carbons (Fsp3) is 0.238. The molecule has 1 atom stereocenters. The van der Waals surface area contributed by atoms with Gasteiger partial charge in [-0.3, -0.25) is 15.2 Å². The maximum Gasteiger partial charge on any atom is 0.433 e. The van der Waals surface area contributed by atoms with Gasteiger partial charge in [-0.25, -0.2) is 19.2 Å². The van der Waals surface area contributed by atoms with E-state index >= 15 is 0 Å². The zero-order valence-corrected chi connectivity index (χ0v) is 16.5. The number of aromatic nitrogens is 3. The van der Waals surface area contributed by atoms with Gasteiger partial charge in [0.1, 0.15) is 17.3 Å². The summed E-state index contributed by atoms with van der Waals surface area (Å²) in [5.41, 5.74) is 0.227. The lowest BCUT2D eigenvalue weighted by atomic mass is 10.1. The second kappa shape index (κ2) is 7.43. The van der Waals surface area contributed by atoms with E-state index in [4.69, 9.17) is 0 Å². The van der Waals surface area contributed by atoms with Crippen molar-refractivity contribution in [3.8, 4) is 11.3 Å². The van der Waals surface area contributed by atoms with Crippen LogP contribution in [-0.4, -0.2) is 40.1 Å². The number of alkyl halides is 3. The lowest BCUT2D eigenvalue weighted by Gasteiger charge is -2.35. The third-order valence-corrected chi connectivity index (χ3v) is 5.48. The van der Waals surface area contributed by atoms with Crippen molar-refractivity contribution in [2.75, 3.05) is 28.2 Å². The van der Waals surface area contributed by atoms with Gasteiger partial charge in [-0.05, 0) is 42.8 Å². The Kier molecular flexibility index (Phi) is 4.68. The highest BCUT2D eigenvalue weighted by Crippen LogP contribution is 2.40. The molecule has 5 heterocycles. The number of hydrogen-bond donors (Lipinski definition) is 1. The van der Waals surface area contributed by atoms with Gasteiger partial charge in [0.25, 0.3) is 0 Å². The van der Waals surface area contributed by atoms with Gasteiger partial charge in [-0.15, -0.1) is 0 Å². The molecule has 7 nitrogen and oxygen atoms in total. The normalized spacial score (nSPS) is 17.3. The number of urea groups is 1. The Morgan fingerprint density at radius 3 is 2.72 bits per heavy atom. The Hall–Kier alpha value is -3.76. The molecule has 32 heavy (non-hydrogen) atoms. The van der Waals surface area contributed by atoms with E-state index in [1.165, 1.54) is 23.1 Å². The summed E-state index contributed by atoms with van der Waals surface area (Å²) in [5.74, 6) is -0.000598. The maximum absolute atomic E-state index is 13.1. The van der Waals surface area contributed by atoms with Gasteiger partial charge in [-0.2, -0.15) is 13.2 Å². The first kappa shape index (κ1) is 20.2. The summed E-state index contributed by atoms with van der Waals surface area (Å²) in [5, 5.41) is 2.64. The zero-order chi connectivity index (χ0) is 22.5. The molecule has 1 N–H and O–H groups in total. The number of carbonyl (C=O) groups is 1. The molecule has 11 heteroatoms. The maximum atomic E-state index is 13.1. The van der Waals surface area contributed by atoms with Crippen molar-refractivity contribution in [3.05, 3.63) is 60.3 Å². The van der Waals surface area contributed by atoms with Crippen molar-refractivity contribution in [2.45, 2.75) is 18.6 Å². The van der Waals surface area contributed by atoms with Gasteiger partial charge in [0.05, 0.1) is 23.6 Å². The molecular weight excluding hydrogens is 428 g/mol. The van der Waals surface area contributed by atoms with E-state index in [0.29, 0.717) is 18.8 Å². The third-order valence-electron chi connectivity index (χ3n) is 5.48. The van der Waals surface area contributed by atoms with Crippen LogP contribution in [-0.2, 0) is 6.18 Å². The smallest absolute Gasteiger partial charge is 0.366 e. The van der Waals surface area contributed by atoms with E-state index in [9.17, 15) is 22.4 Å². The number of amides is 2. The first-order chi connectivity index (χ1) is 15.3. The van der Waals surface area contributed by atoms with Gasteiger partial charge < -0.3 is 4.90 Å². The first-order valence-corrected chi connectivity index (χ1v) is 9.81. The molecule has 0 unspecified atom stereocenters. The third kappa shape index (κ3) is 3.59. The van der Waals surface area contributed by atoms with Crippen LogP contribution in [0.15, 0.2) is 48.8 Å². The van der Waals surface area contributed by atoms with E-state index in [2.05, 4.69) is 25.2 Å². The fourth-order valence-electron chi connectivity index (χ4n) is 4.00. The van der Waals surface area contributed by atoms with Gasteiger partial charge in [0.15, 0.2) is 5.82 Å². The van der Waals surface area contributed by atoms with Crippen LogP contribution in [0.4, 0.5) is 39.7 Å². The number of fused-ring (bicyclic) bond motifs is 4. The van der Waals surface area contributed by atoms with E-state index in [1.54, 1.807) is 12.1 Å². The molecule has 3 aromatic heterocycles. The molecule has 0 aromatic carbocycles. The molecule has 0 radical (unpaired) electrons. The predicted octanol–water partition coefficient (Wildman–Crippen LogP) is 4.33. The number of rotatable bonds is 2. The van der Waals surface area contributed by atoms with Crippen molar-refractivity contribution in [1.82, 2.24) is 15.0 Å². The minimum Gasteiger partial charge on any atom is -0.366 e. The van der Waals surface area contributed by atoms with E-state index in [0.717, 1.165) is 30.7 Å². The van der Waals surface area contributed by atoms with Crippen molar-refractivity contribution in [2.24, 2.45) is 0 Å². The summed E-state index contributed by atoms with van der Waals surface area (Å²) < 4.78 is 52.4. The Labute approximate surface area is 179 Å². The summed E-state index contributed by atoms with van der Waals surface area (Å²) in [4.78, 5) is 28.5. The minimum absolute atomic E-state index is 0.158. The average molecular weight is 444 g/mol. The Bertz CT molecular complexity index is 1180. The molecule has 0 saturated carbocycles. The van der Waals surface area contributed by atoms with Gasteiger partial charge in [-0.1, -0.05) is 0 Å². The summed E-state index contributed by atoms with van der Waals surface area (Å²) in [6.07, 6.45) is -1.79. The molecule has 5 rings (SSSR count).